The molecule has 0 heterocycles. The Balaban J connectivity index is 2.82. The first kappa shape index (κ1) is 17.7. The van der Waals surface area contributed by atoms with Gasteiger partial charge in [0.25, 0.3) is 5.69 Å². The van der Waals surface area contributed by atoms with Gasteiger partial charge in [-0.25, -0.2) is 13.6 Å². The number of sulfonamides is 1. The summed E-state index contributed by atoms with van der Waals surface area (Å²) in [7, 11) is -3.96. The fourth-order valence-corrected chi connectivity index (χ4v) is 3.68. The van der Waals surface area contributed by atoms with Crippen molar-refractivity contribution in [3.05, 3.63) is 57.6 Å². The van der Waals surface area contributed by atoms with Crippen LogP contribution in [-0.4, -0.2) is 13.3 Å². The molecule has 0 atom stereocenters. The van der Waals surface area contributed by atoms with Gasteiger partial charge in [0, 0.05) is 11.6 Å². The molecule has 0 saturated carbocycles. The second kappa shape index (κ2) is 6.45. The minimum atomic E-state index is -3.96. The first-order valence-corrected chi connectivity index (χ1v) is 8.74. The minimum absolute atomic E-state index is 0.0800. The van der Waals surface area contributed by atoms with Gasteiger partial charge in [-0.15, -0.1) is 0 Å². The molecule has 2 rings (SSSR count). The predicted molar refractivity (Wildman–Crippen MR) is 89.1 cm³/mol. The highest BCUT2D eigenvalue weighted by atomic mass is 35.5. The van der Waals surface area contributed by atoms with Crippen LogP contribution in [0.25, 0.3) is 11.1 Å². The van der Waals surface area contributed by atoms with Gasteiger partial charge in [-0.3, -0.25) is 10.1 Å². The van der Waals surface area contributed by atoms with Crippen molar-refractivity contribution in [3.8, 4) is 11.1 Å². The van der Waals surface area contributed by atoms with Gasteiger partial charge in [0.1, 0.15) is 4.84 Å². The number of rotatable bonds is 4. The van der Waals surface area contributed by atoms with Crippen LogP contribution in [0.5, 0.6) is 0 Å². The summed E-state index contributed by atoms with van der Waals surface area (Å²) in [5.74, 6) is 0. The van der Waals surface area contributed by atoms with Gasteiger partial charge in [-0.05, 0) is 30.2 Å². The van der Waals surface area contributed by atoms with Crippen LogP contribution in [0.2, 0.25) is 0 Å². The Labute approximate surface area is 143 Å². The fraction of sp³-hybridized carbons (Fsp3) is 0.143. The van der Waals surface area contributed by atoms with Gasteiger partial charge < -0.3 is 0 Å². The Kier molecular flexibility index (Phi) is 4.95. The van der Waals surface area contributed by atoms with Gasteiger partial charge >= 0.3 is 0 Å². The van der Waals surface area contributed by atoms with Gasteiger partial charge in [-0.1, -0.05) is 41.4 Å². The number of nitrogens with zero attached hydrogens (tertiary/aromatic N) is 1. The molecule has 0 saturated heterocycles. The lowest BCUT2D eigenvalue weighted by molar-refractivity contribution is -0.385. The van der Waals surface area contributed by atoms with Crippen LogP contribution >= 0.6 is 23.2 Å². The van der Waals surface area contributed by atoms with Crippen molar-refractivity contribution in [3.63, 3.8) is 0 Å². The number of benzene rings is 2. The van der Waals surface area contributed by atoms with Gasteiger partial charge in [0.2, 0.25) is 10.0 Å². The molecule has 6 nitrogen and oxygen atoms in total. The Morgan fingerprint density at radius 1 is 1.13 bits per heavy atom. The fourth-order valence-electron chi connectivity index (χ4n) is 2.38. The lowest BCUT2D eigenvalue weighted by atomic mass is 9.95. The van der Waals surface area contributed by atoms with E-state index in [0.717, 1.165) is 0 Å². The van der Waals surface area contributed by atoms with E-state index in [2.05, 4.69) is 0 Å². The second-order valence-electron chi connectivity index (χ2n) is 4.77. The first-order chi connectivity index (χ1) is 10.6. The van der Waals surface area contributed by atoms with Crippen molar-refractivity contribution < 1.29 is 13.3 Å². The third-order valence-electron chi connectivity index (χ3n) is 3.39. The maximum Gasteiger partial charge on any atom is 0.275 e. The summed E-state index contributed by atoms with van der Waals surface area (Å²) in [6, 6.07) is 8.81. The quantitative estimate of drug-likeness (QED) is 0.500. The van der Waals surface area contributed by atoms with Crippen LogP contribution in [0.15, 0.2) is 41.3 Å². The van der Waals surface area contributed by atoms with Crippen molar-refractivity contribution in [2.45, 2.75) is 16.7 Å². The summed E-state index contributed by atoms with van der Waals surface area (Å²) in [4.78, 5) is 9.33. The van der Waals surface area contributed by atoms with Gasteiger partial charge in [-0.2, -0.15) is 0 Å². The highest BCUT2D eigenvalue weighted by Crippen LogP contribution is 2.40. The summed E-state index contributed by atoms with van der Waals surface area (Å²) < 4.78 is 23.5. The molecule has 0 aromatic heterocycles. The average molecular weight is 375 g/mol. The summed E-state index contributed by atoms with van der Waals surface area (Å²) in [6.07, 6.45) is 0. The molecule has 2 aromatic rings. The summed E-state index contributed by atoms with van der Waals surface area (Å²) in [6.45, 7) is 1.59. The van der Waals surface area contributed by atoms with E-state index in [1.165, 1.54) is 24.3 Å². The normalized spacial score (nSPS) is 11.7. The Hall–Kier alpha value is -1.67. The van der Waals surface area contributed by atoms with Gasteiger partial charge in [0.05, 0.1) is 15.4 Å². The molecule has 0 radical (unpaired) electrons. The number of nitrogens with two attached hydrogens (primary N) is 1. The summed E-state index contributed by atoms with van der Waals surface area (Å²) >= 11 is 11.7. The van der Waals surface area contributed by atoms with Crippen LogP contribution in [0.1, 0.15) is 16.0 Å². The second-order valence-corrected chi connectivity index (χ2v) is 7.40. The van der Waals surface area contributed by atoms with Crippen molar-refractivity contribution in [1.29, 1.82) is 0 Å². The average Bonchev–Trinajstić information content (AvgIpc) is 2.45. The molecule has 0 amide bonds. The van der Waals surface area contributed by atoms with Crippen LogP contribution in [0, 0.1) is 17.0 Å². The van der Waals surface area contributed by atoms with Crippen LogP contribution in [0.3, 0.4) is 0 Å². The standard InChI is InChI=1S/C14H12Cl2N2O4S/c1-8-9(6-7-11(18(19)20)13(8)14(15)16)10-4-2-3-5-12(10)23(17,21)22/h2-7,14H,1H3,(H2,17,21,22). The molecule has 122 valence electrons. The number of hydrogen-bond acceptors (Lipinski definition) is 4. The number of nitro benzene ring substituents is 1. The van der Waals surface area contributed by atoms with Crippen LogP contribution in [0.4, 0.5) is 5.69 Å². The zero-order valence-corrected chi connectivity index (χ0v) is 14.2. The van der Waals surface area contributed by atoms with Crippen molar-refractivity contribution in [2.24, 2.45) is 5.14 Å². The monoisotopic (exact) mass is 374 g/mol. The molecule has 23 heavy (non-hydrogen) atoms. The number of halogens is 2. The molecule has 2 aromatic carbocycles. The zero-order valence-electron chi connectivity index (χ0n) is 11.9. The van der Waals surface area contributed by atoms with Crippen molar-refractivity contribution >= 4 is 38.9 Å². The van der Waals surface area contributed by atoms with E-state index in [4.69, 9.17) is 28.3 Å². The maximum absolute atomic E-state index is 11.7. The number of nitro groups is 1. The van der Waals surface area contributed by atoms with Crippen LogP contribution in [-0.2, 0) is 10.0 Å². The lowest BCUT2D eigenvalue weighted by Crippen LogP contribution is -2.13. The Morgan fingerprint density at radius 3 is 2.26 bits per heavy atom. The molecule has 0 aliphatic rings. The first-order valence-electron chi connectivity index (χ1n) is 6.33. The van der Waals surface area contributed by atoms with E-state index in [-0.39, 0.29) is 16.1 Å². The Morgan fingerprint density at radius 2 is 1.74 bits per heavy atom. The lowest BCUT2D eigenvalue weighted by Gasteiger charge is -2.15. The van der Waals surface area contributed by atoms with E-state index in [9.17, 15) is 18.5 Å². The van der Waals surface area contributed by atoms with E-state index < -0.39 is 19.8 Å². The largest absolute Gasteiger partial charge is 0.275 e. The molecule has 0 bridgehead atoms. The number of primary sulfonamides is 1. The summed E-state index contributed by atoms with van der Waals surface area (Å²) in [5.41, 5.74) is 1.11. The highest BCUT2D eigenvalue weighted by Gasteiger charge is 2.25. The molecule has 0 spiro atoms. The van der Waals surface area contributed by atoms with E-state index in [0.29, 0.717) is 16.7 Å². The Bertz CT molecular complexity index is 882. The zero-order chi connectivity index (χ0) is 17.4. The van der Waals surface area contributed by atoms with Crippen molar-refractivity contribution in [1.82, 2.24) is 0 Å². The number of alkyl halides is 2. The molecule has 9 heteroatoms. The molecular formula is C14H12Cl2N2O4S. The highest BCUT2D eigenvalue weighted by molar-refractivity contribution is 7.89. The smallest absolute Gasteiger partial charge is 0.258 e. The van der Waals surface area contributed by atoms with E-state index in [1.807, 2.05) is 0 Å². The van der Waals surface area contributed by atoms with E-state index in [1.54, 1.807) is 19.1 Å². The number of hydrogen-bond donors (Lipinski definition) is 1. The van der Waals surface area contributed by atoms with E-state index >= 15 is 0 Å². The topological polar surface area (TPSA) is 103 Å². The molecule has 0 fully saturated rings. The molecular weight excluding hydrogens is 363 g/mol. The van der Waals surface area contributed by atoms with Gasteiger partial charge in [0.15, 0.2) is 0 Å². The third-order valence-corrected chi connectivity index (χ3v) is 4.80. The van der Waals surface area contributed by atoms with Crippen LogP contribution < -0.4 is 5.14 Å². The predicted octanol–water partition coefficient (Wildman–Crippen LogP) is 3.69. The maximum atomic E-state index is 11.7. The summed E-state index contributed by atoms with van der Waals surface area (Å²) in [5, 5.41) is 16.4. The minimum Gasteiger partial charge on any atom is -0.258 e. The molecule has 0 aliphatic carbocycles. The third kappa shape index (κ3) is 3.48. The molecule has 0 unspecified atom stereocenters. The SMILES string of the molecule is Cc1c(-c2ccccc2S(N)(=O)=O)ccc([N+](=O)[O-])c1C(Cl)Cl. The molecule has 0 aliphatic heterocycles. The molecule has 2 N–H and O–H groups in total. The van der Waals surface area contributed by atoms with Crippen molar-refractivity contribution in [2.75, 3.05) is 0 Å².